The van der Waals surface area contributed by atoms with E-state index in [0.717, 1.165) is 32.3 Å². The van der Waals surface area contributed by atoms with E-state index in [1.807, 2.05) is 55.5 Å². The normalized spacial score (nSPS) is 11.6. The number of aliphatic hydroxyl groups excluding tert-OH is 1. The van der Waals surface area contributed by atoms with Crippen LogP contribution in [0.5, 0.6) is 11.5 Å². The first-order chi connectivity index (χ1) is 19.5. The summed E-state index contributed by atoms with van der Waals surface area (Å²) in [5.74, 6) is 1.57. The summed E-state index contributed by atoms with van der Waals surface area (Å²) < 4.78 is 18.9. The molecule has 0 amide bonds. The molecule has 1 aromatic heterocycles. The SMILES string of the molecule is C=C(OCC)[C@H](CO)NCc1cc(Cl)c(OCc2cccc(-c3ccccc3)c2Br)cc1OCc1cccnc1. The first kappa shape index (κ1) is 29.6. The number of benzene rings is 3. The molecule has 0 spiro atoms. The molecule has 4 aromatic rings. The molecule has 8 heteroatoms. The minimum Gasteiger partial charge on any atom is -0.497 e. The first-order valence-electron chi connectivity index (χ1n) is 13.0. The zero-order valence-electron chi connectivity index (χ0n) is 22.3. The van der Waals surface area contributed by atoms with Gasteiger partial charge in [-0.15, -0.1) is 0 Å². The fraction of sp³-hybridized carbons (Fsp3) is 0.219. The molecule has 4 rings (SSSR count). The van der Waals surface area contributed by atoms with E-state index in [9.17, 15) is 5.11 Å². The van der Waals surface area contributed by atoms with E-state index in [-0.39, 0.29) is 6.61 Å². The highest BCUT2D eigenvalue weighted by molar-refractivity contribution is 9.10. The Bertz CT molecular complexity index is 1400. The van der Waals surface area contributed by atoms with Crippen LogP contribution in [-0.2, 0) is 24.5 Å². The second-order valence-electron chi connectivity index (χ2n) is 8.99. The van der Waals surface area contributed by atoms with E-state index in [1.54, 1.807) is 18.5 Å². The molecular formula is C32H32BrClN2O4. The van der Waals surface area contributed by atoms with Crippen LogP contribution >= 0.6 is 27.5 Å². The van der Waals surface area contributed by atoms with Gasteiger partial charge in [-0.3, -0.25) is 4.98 Å². The van der Waals surface area contributed by atoms with Crippen LogP contribution in [0.2, 0.25) is 5.02 Å². The molecule has 0 aliphatic heterocycles. The number of hydrogen-bond donors (Lipinski definition) is 2. The molecule has 0 saturated heterocycles. The Balaban J connectivity index is 1.55. The second kappa shape index (κ2) is 14.9. The molecule has 3 aromatic carbocycles. The Morgan fingerprint density at radius 3 is 2.52 bits per heavy atom. The van der Waals surface area contributed by atoms with E-state index in [1.165, 1.54) is 0 Å². The van der Waals surface area contributed by atoms with Crippen molar-refractivity contribution in [3.8, 4) is 22.6 Å². The highest BCUT2D eigenvalue weighted by Crippen LogP contribution is 2.36. The van der Waals surface area contributed by atoms with Crippen molar-refractivity contribution in [1.82, 2.24) is 10.3 Å². The topological polar surface area (TPSA) is 72.8 Å². The average molecular weight is 624 g/mol. The Morgan fingerprint density at radius 2 is 1.80 bits per heavy atom. The van der Waals surface area contributed by atoms with Gasteiger partial charge >= 0.3 is 0 Å². The third-order valence-corrected chi connectivity index (χ3v) is 7.45. The molecule has 208 valence electrons. The molecule has 2 N–H and O–H groups in total. The van der Waals surface area contributed by atoms with Gasteiger partial charge in [0.25, 0.3) is 0 Å². The highest BCUT2D eigenvalue weighted by Gasteiger charge is 2.17. The van der Waals surface area contributed by atoms with Crippen LogP contribution in [0.15, 0.2) is 102 Å². The molecule has 6 nitrogen and oxygen atoms in total. The van der Waals surface area contributed by atoms with E-state index < -0.39 is 6.04 Å². The van der Waals surface area contributed by atoms with E-state index in [4.69, 9.17) is 25.8 Å². The van der Waals surface area contributed by atoms with Crippen LogP contribution < -0.4 is 14.8 Å². The second-order valence-corrected chi connectivity index (χ2v) is 10.2. The number of aromatic nitrogens is 1. The Morgan fingerprint density at radius 1 is 1.00 bits per heavy atom. The summed E-state index contributed by atoms with van der Waals surface area (Å²) in [6.07, 6.45) is 3.48. The lowest BCUT2D eigenvalue weighted by atomic mass is 10.0. The molecule has 0 saturated carbocycles. The summed E-state index contributed by atoms with van der Waals surface area (Å²) in [7, 11) is 0. The molecule has 0 fully saturated rings. The minimum atomic E-state index is -0.435. The highest BCUT2D eigenvalue weighted by atomic mass is 79.9. The molecule has 1 atom stereocenters. The van der Waals surface area contributed by atoms with Gasteiger partial charge in [-0.1, -0.05) is 72.8 Å². The molecule has 0 aliphatic carbocycles. The van der Waals surface area contributed by atoms with E-state index in [2.05, 4.69) is 51.0 Å². The van der Waals surface area contributed by atoms with Crippen molar-refractivity contribution < 1.29 is 19.3 Å². The fourth-order valence-corrected chi connectivity index (χ4v) is 4.94. The van der Waals surface area contributed by atoms with Gasteiger partial charge in [0, 0.05) is 46.2 Å². The van der Waals surface area contributed by atoms with Crippen LogP contribution in [0.25, 0.3) is 11.1 Å². The van der Waals surface area contributed by atoms with Crippen molar-refractivity contribution in [1.29, 1.82) is 0 Å². The largest absolute Gasteiger partial charge is 0.497 e. The molecule has 40 heavy (non-hydrogen) atoms. The summed E-state index contributed by atoms with van der Waals surface area (Å²) in [5, 5.41) is 13.5. The van der Waals surface area contributed by atoms with Crippen molar-refractivity contribution in [3.63, 3.8) is 0 Å². The third kappa shape index (κ3) is 7.86. The third-order valence-electron chi connectivity index (χ3n) is 6.22. The van der Waals surface area contributed by atoms with Gasteiger partial charge in [-0.2, -0.15) is 0 Å². The summed E-state index contributed by atoms with van der Waals surface area (Å²) in [6, 6.07) is 23.3. The van der Waals surface area contributed by atoms with Gasteiger partial charge in [0.2, 0.25) is 0 Å². The van der Waals surface area contributed by atoms with Crippen LogP contribution in [0.4, 0.5) is 0 Å². The van der Waals surface area contributed by atoms with Crippen LogP contribution in [0, 0.1) is 0 Å². The maximum absolute atomic E-state index is 9.82. The molecule has 0 radical (unpaired) electrons. The van der Waals surface area contributed by atoms with Crippen molar-refractivity contribution in [2.45, 2.75) is 32.7 Å². The molecule has 0 bridgehead atoms. The molecule has 1 heterocycles. The van der Waals surface area contributed by atoms with Gasteiger partial charge in [0.15, 0.2) is 0 Å². The van der Waals surface area contributed by atoms with Crippen LogP contribution in [0.1, 0.15) is 23.6 Å². The van der Waals surface area contributed by atoms with Crippen molar-refractivity contribution in [3.05, 3.63) is 124 Å². The first-order valence-corrected chi connectivity index (χ1v) is 14.1. The van der Waals surface area contributed by atoms with Crippen molar-refractivity contribution >= 4 is 27.5 Å². The van der Waals surface area contributed by atoms with Crippen LogP contribution in [0.3, 0.4) is 0 Å². The number of pyridine rings is 1. The lowest BCUT2D eigenvalue weighted by Crippen LogP contribution is -2.34. The maximum Gasteiger partial charge on any atom is 0.142 e. The number of aliphatic hydroxyl groups is 1. The smallest absolute Gasteiger partial charge is 0.142 e. The lowest BCUT2D eigenvalue weighted by molar-refractivity contribution is 0.164. The van der Waals surface area contributed by atoms with Gasteiger partial charge < -0.3 is 24.6 Å². The molecule has 0 unspecified atom stereocenters. The minimum absolute atomic E-state index is 0.156. The number of hydrogen-bond acceptors (Lipinski definition) is 6. The van der Waals surface area contributed by atoms with Crippen molar-refractivity contribution in [2.24, 2.45) is 0 Å². The Hall–Kier alpha value is -3.36. The summed E-state index contributed by atoms with van der Waals surface area (Å²) in [6.45, 7) is 7.09. The quantitative estimate of drug-likeness (QED) is 0.143. The number of nitrogens with zero attached hydrogens (tertiary/aromatic N) is 1. The monoisotopic (exact) mass is 622 g/mol. The summed E-state index contributed by atoms with van der Waals surface area (Å²) in [5.41, 5.74) is 4.92. The zero-order chi connectivity index (χ0) is 28.3. The number of ether oxygens (including phenoxy) is 3. The van der Waals surface area contributed by atoms with Crippen molar-refractivity contribution in [2.75, 3.05) is 13.2 Å². The Labute approximate surface area is 248 Å². The predicted molar refractivity (Wildman–Crippen MR) is 162 cm³/mol. The molecule has 0 aliphatic rings. The number of rotatable bonds is 14. The predicted octanol–water partition coefficient (Wildman–Crippen LogP) is 7.32. The summed E-state index contributed by atoms with van der Waals surface area (Å²) in [4.78, 5) is 4.16. The van der Waals surface area contributed by atoms with Crippen LogP contribution in [-0.4, -0.2) is 29.3 Å². The van der Waals surface area contributed by atoms with Gasteiger partial charge in [-0.25, -0.2) is 0 Å². The van der Waals surface area contributed by atoms with Gasteiger partial charge in [0.05, 0.1) is 24.3 Å². The zero-order valence-corrected chi connectivity index (χ0v) is 24.6. The van der Waals surface area contributed by atoms with E-state index in [0.29, 0.717) is 48.6 Å². The molecular weight excluding hydrogens is 592 g/mol. The lowest BCUT2D eigenvalue weighted by Gasteiger charge is -2.21. The van der Waals surface area contributed by atoms with Gasteiger partial charge in [-0.05, 0) is 46.1 Å². The Kier molecular flexibility index (Phi) is 11.0. The van der Waals surface area contributed by atoms with E-state index >= 15 is 0 Å². The standard InChI is InChI=1S/C32H32BrClN2O4/c1-3-38-22(2)29(19-37)36-18-26-15-28(34)31(16-30(26)39-20-23-9-8-14-35-17-23)40-21-25-12-7-13-27(32(25)33)24-10-5-4-6-11-24/h4-17,29,36-37H,2-3,18-21H2,1H3/t29-/m0/s1. The van der Waals surface area contributed by atoms with Gasteiger partial charge in [0.1, 0.15) is 30.5 Å². The summed E-state index contributed by atoms with van der Waals surface area (Å²) >= 11 is 10.5. The number of nitrogens with one attached hydrogen (secondary N) is 1. The average Bonchev–Trinajstić information content (AvgIpc) is 2.98. The fourth-order valence-electron chi connectivity index (χ4n) is 4.09. The number of halogens is 2. The maximum atomic E-state index is 9.82.